The van der Waals surface area contributed by atoms with Crippen LogP contribution in [-0.4, -0.2) is 60.5 Å². The molecule has 0 radical (unpaired) electrons. The van der Waals surface area contributed by atoms with Crippen LogP contribution in [-0.2, 0) is 0 Å². The van der Waals surface area contributed by atoms with Crippen molar-refractivity contribution in [2.24, 2.45) is 5.92 Å². The second-order valence-electron chi connectivity index (χ2n) is 9.25. The minimum Gasteiger partial charge on any atom is -0.358 e. The smallest absolute Gasteiger partial charge is 0.321 e. The van der Waals surface area contributed by atoms with Gasteiger partial charge >= 0.3 is 6.03 Å². The summed E-state index contributed by atoms with van der Waals surface area (Å²) in [5, 5.41) is 3.63. The van der Waals surface area contributed by atoms with Crippen molar-refractivity contribution in [3.8, 4) is 0 Å². The van der Waals surface area contributed by atoms with Gasteiger partial charge in [0.25, 0.3) is 0 Å². The molecule has 3 heterocycles. The molecule has 0 saturated carbocycles. The molecule has 2 fully saturated rings. The van der Waals surface area contributed by atoms with Gasteiger partial charge in [0.2, 0.25) is 0 Å². The van der Waals surface area contributed by atoms with Gasteiger partial charge in [-0.1, -0.05) is 11.6 Å². The molecular weight excluding hydrogens is 459 g/mol. The van der Waals surface area contributed by atoms with E-state index in [9.17, 15) is 9.18 Å². The summed E-state index contributed by atoms with van der Waals surface area (Å²) in [5.74, 6) is 1.43. The number of nitrogens with zero attached hydrogens (tertiary/aromatic N) is 3. The van der Waals surface area contributed by atoms with Crippen LogP contribution in [0.5, 0.6) is 0 Å². The van der Waals surface area contributed by atoms with Crippen molar-refractivity contribution in [2.75, 3.05) is 48.8 Å². The molecule has 0 aromatic heterocycles. The lowest BCUT2D eigenvalue weighted by molar-refractivity contribution is 0.137. The highest BCUT2D eigenvalue weighted by molar-refractivity contribution is 7.99. The molecule has 176 valence electrons. The summed E-state index contributed by atoms with van der Waals surface area (Å²) in [4.78, 5) is 20.6. The van der Waals surface area contributed by atoms with Crippen LogP contribution in [0, 0.1) is 11.7 Å². The quantitative estimate of drug-likeness (QED) is 0.594. The zero-order valence-electron chi connectivity index (χ0n) is 18.7. The third kappa shape index (κ3) is 5.42. The third-order valence-electron chi connectivity index (χ3n) is 7.10. The zero-order valence-corrected chi connectivity index (χ0v) is 20.3. The number of amides is 2. The number of urea groups is 1. The average molecular weight is 489 g/mol. The third-order valence-corrected chi connectivity index (χ3v) is 8.40. The predicted molar refractivity (Wildman–Crippen MR) is 134 cm³/mol. The summed E-state index contributed by atoms with van der Waals surface area (Å²) in [7, 11) is 0. The van der Waals surface area contributed by atoms with Crippen molar-refractivity contribution >= 4 is 40.8 Å². The molecular formula is C25H30ClFN4OS. The first-order valence-corrected chi connectivity index (χ1v) is 13.1. The van der Waals surface area contributed by atoms with Gasteiger partial charge in [-0.05, 0) is 74.1 Å². The largest absolute Gasteiger partial charge is 0.358 e. The van der Waals surface area contributed by atoms with E-state index in [-0.39, 0.29) is 11.8 Å². The molecule has 3 aliphatic heterocycles. The Morgan fingerprint density at radius 3 is 2.48 bits per heavy atom. The lowest BCUT2D eigenvalue weighted by atomic mass is 9.94. The number of nitrogens with one attached hydrogen (secondary N) is 1. The molecule has 5 nitrogen and oxygen atoms in total. The number of rotatable bonds is 4. The van der Waals surface area contributed by atoms with Gasteiger partial charge in [0.05, 0.1) is 11.6 Å². The molecule has 0 bridgehead atoms. The predicted octanol–water partition coefficient (Wildman–Crippen LogP) is 5.76. The van der Waals surface area contributed by atoms with Crippen LogP contribution in [0.3, 0.4) is 0 Å². The molecule has 2 aromatic rings. The molecule has 2 amide bonds. The molecule has 0 spiro atoms. The highest BCUT2D eigenvalue weighted by atomic mass is 35.5. The van der Waals surface area contributed by atoms with E-state index in [0.29, 0.717) is 17.0 Å². The van der Waals surface area contributed by atoms with Crippen molar-refractivity contribution < 1.29 is 9.18 Å². The van der Waals surface area contributed by atoms with Crippen LogP contribution in [0.15, 0.2) is 47.4 Å². The summed E-state index contributed by atoms with van der Waals surface area (Å²) in [6.45, 7) is 4.95. The van der Waals surface area contributed by atoms with E-state index in [4.69, 9.17) is 11.6 Å². The van der Waals surface area contributed by atoms with E-state index in [1.165, 1.54) is 5.69 Å². The molecule has 8 heteroatoms. The average Bonchev–Trinajstić information content (AvgIpc) is 3.24. The molecule has 2 saturated heterocycles. The van der Waals surface area contributed by atoms with Gasteiger partial charge < -0.3 is 20.0 Å². The van der Waals surface area contributed by atoms with Gasteiger partial charge in [-0.15, -0.1) is 11.8 Å². The Morgan fingerprint density at radius 1 is 1.03 bits per heavy atom. The van der Waals surface area contributed by atoms with Crippen LogP contribution in [0.25, 0.3) is 0 Å². The molecule has 1 N–H and O–H groups in total. The standard InChI is InChI=1S/C25H30ClFN4OS/c26-19-1-4-21(5-2-19)28-25(32)30-13-7-18(8-14-30)16-29-11-9-22(10-12-29)31-17-33-24-15-20(27)3-6-23(24)31/h1-6,15,18,22H,7-14,16-17H2,(H,28,32). The Kier molecular flexibility index (Phi) is 6.99. The second kappa shape index (κ2) is 10.1. The van der Waals surface area contributed by atoms with Crippen molar-refractivity contribution in [3.05, 3.63) is 53.3 Å². The fraction of sp³-hybridized carbons (Fsp3) is 0.480. The van der Waals surface area contributed by atoms with Crippen LogP contribution in [0.2, 0.25) is 5.02 Å². The molecule has 0 atom stereocenters. The monoisotopic (exact) mass is 488 g/mol. The minimum atomic E-state index is -0.147. The summed E-state index contributed by atoms with van der Waals surface area (Å²) in [6.07, 6.45) is 4.41. The van der Waals surface area contributed by atoms with Gasteiger partial charge in [-0.2, -0.15) is 0 Å². The first-order valence-electron chi connectivity index (χ1n) is 11.8. The number of likely N-dealkylation sites (tertiary alicyclic amines) is 2. The van der Waals surface area contributed by atoms with E-state index in [1.807, 2.05) is 23.1 Å². The maximum Gasteiger partial charge on any atom is 0.321 e. The summed E-state index contributed by atoms with van der Waals surface area (Å²) in [6, 6.07) is 12.9. The Balaban J connectivity index is 1.05. The summed E-state index contributed by atoms with van der Waals surface area (Å²) < 4.78 is 13.5. The Morgan fingerprint density at radius 2 is 1.76 bits per heavy atom. The van der Waals surface area contributed by atoms with Gasteiger partial charge in [-0.3, -0.25) is 0 Å². The van der Waals surface area contributed by atoms with Crippen LogP contribution < -0.4 is 10.2 Å². The number of piperidine rings is 2. The van der Waals surface area contributed by atoms with Gasteiger partial charge in [0.1, 0.15) is 5.82 Å². The number of anilines is 2. The Bertz CT molecular complexity index is 975. The van der Waals surface area contributed by atoms with E-state index < -0.39 is 0 Å². The van der Waals surface area contributed by atoms with Crippen LogP contribution >= 0.6 is 23.4 Å². The zero-order chi connectivity index (χ0) is 22.8. The first kappa shape index (κ1) is 22.8. The fourth-order valence-electron chi connectivity index (χ4n) is 5.18. The second-order valence-corrected chi connectivity index (χ2v) is 10.7. The molecule has 3 aliphatic rings. The maximum atomic E-state index is 13.5. The number of carbonyl (C=O) groups is 1. The van der Waals surface area contributed by atoms with Crippen molar-refractivity contribution in [2.45, 2.75) is 36.6 Å². The lowest BCUT2D eigenvalue weighted by Gasteiger charge is -2.40. The van der Waals surface area contributed by atoms with Crippen molar-refractivity contribution in [1.29, 1.82) is 0 Å². The highest BCUT2D eigenvalue weighted by Gasteiger charge is 2.31. The SMILES string of the molecule is O=C(Nc1ccc(Cl)cc1)N1CCC(CN2CCC(N3CSc4cc(F)ccc43)CC2)CC1. The number of hydrogen-bond acceptors (Lipinski definition) is 4. The number of halogens is 2. The number of carbonyl (C=O) groups excluding carboxylic acids is 1. The summed E-state index contributed by atoms with van der Waals surface area (Å²) >= 11 is 7.66. The topological polar surface area (TPSA) is 38.8 Å². The Hall–Kier alpha value is -1.96. The van der Waals surface area contributed by atoms with Crippen molar-refractivity contribution in [3.63, 3.8) is 0 Å². The molecule has 0 aliphatic carbocycles. The lowest BCUT2D eigenvalue weighted by Crippen LogP contribution is -2.47. The molecule has 5 rings (SSSR count). The highest BCUT2D eigenvalue weighted by Crippen LogP contribution is 2.41. The molecule has 33 heavy (non-hydrogen) atoms. The van der Waals surface area contributed by atoms with E-state index >= 15 is 0 Å². The number of hydrogen-bond donors (Lipinski definition) is 1. The van der Waals surface area contributed by atoms with Gasteiger partial charge in [-0.25, -0.2) is 9.18 Å². The molecule has 0 unspecified atom stereocenters. The van der Waals surface area contributed by atoms with Crippen LogP contribution in [0.4, 0.5) is 20.6 Å². The number of fused-ring (bicyclic) bond motifs is 1. The van der Waals surface area contributed by atoms with Gasteiger partial charge in [0, 0.05) is 54.4 Å². The van der Waals surface area contributed by atoms with E-state index in [0.717, 1.165) is 74.9 Å². The first-order chi connectivity index (χ1) is 16.0. The Labute approximate surface area is 204 Å². The summed E-state index contributed by atoms with van der Waals surface area (Å²) in [5.41, 5.74) is 1.97. The van der Waals surface area contributed by atoms with E-state index in [2.05, 4.69) is 15.1 Å². The van der Waals surface area contributed by atoms with Crippen LogP contribution in [0.1, 0.15) is 25.7 Å². The number of benzene rings is 2. The van der Waals surface area contributed by atoms with Crippen molar-refractivity contribution in [1.82, 2.24) is 9.80 Å². The normalized spacial score (nSPS) is 20.2. The van der Waals surface area contributed by atoms with Gasteiger partial charge in [0.15, 0.2) is 0 Å². The van der Waals surface area contributed by atoms with E-state index in [1.54, 1.807) is 36.0 Å². The fourth-order valence-corrected chi connectivity index (χ4v) is 6.47. The maximum absolute atomic E-state index is 13.5. The minimum absolute atomic E-state index is 0.0276. The molecule has 2 aromatic carbocycles. The number of thioether (sulfide) groups is 1.